The van der Waals surface area contributed by atoms with E-state index < -0.39 is 30.5 Å². The molecule has 0 aromatic heterocycles. The van der Waals surface area contributed by atoms with E-state index in [9.17, 15) is 23.3 Å². The smallest absolute Gasteiger partial charge is 0.222 e. The van der Waals surface area contributed by atoms with E-state index in [2.05, 4.69) is 0 Å². The van der Waals surface area contributed by atoms with E-state index in [0.29, 0.717) is 0 Å². The highest BCUT2D eigenvalue weighted by molar-refractivity contribution is 4.79. The first-order valence-electron chi connectivity index (χ1n) is 5.45. The zero-order valence-corrected chi connectivity index (χ0v) is 9.26. The summed E-state index contributed by atoms with van der Waals surface area (Å²) in [5.41, 5.74) is -1.34. The van der Waals surface area contributed by atoms with Gasteiger partial charge < -0.3 is 0 Å². The molecule has 3 nitrogen and oxygen atoms in total. The van der Waals surface area contributed by atoms with Crippen molar-refractivity contribution in [2.24, 2.45) is 0 Å². The van der Waals surface area contributed by atoms with Gasteiger partial charge in [-0.15, -0.1) is 0 Å². The minimum Gasteiger partial charge on any atom is -0.264 e. The van der Waals surface area contributed by atoms with Gasteiger partial charge in [-0.05, 0) is 19.3 Å². The fourth-order valence-electron chi connectivity index (χ4n) is 1.84. The Morgan fingerprint density at radius 3 is 1.38 bits per heavy atom. The molecule has 16 heavy (non-hydrogen) atoms. The maximum atomic E-state index is 12.1. The Labute approximate surface area is 93.2 Å². The number of rotatable bonds is 10. The summed E-state index contributed by atoms with van der Waals surface area (Å²) in [4.78, 5) is 10.5. The lowest BCUT2D eigenvalue weighted by Crippen LogP contribution is -2.39. The Kier molecular flexibility index (Phi) is 7.93. The highest BCUT2D eigenvalue weighted by atomic mass is 19.1. The lowest BCUT2D eigenvalue weighted by molar-refractivity contribution is -0.574. The second-order valence-electron chi connectivity index (χ2n) is 3.86. The van der Waals surface area contributed by atoms with Gasteiger partial charge >= 0.3 is 0 Å². The van der Waals surface area contributed by atoms with Gasteiger partial charge in [0, 0.05) is 24.2 Å². The van der Waals surface area contributed by atoms with Crippen molar-refractivity contribution >= 4 is 0 Å². The lowest BCUT2D eigenvalue weighted by Gasteiger charge is -2.24. The minimum absolute atomic E-state index is 0.0521. The first kappa shape index (κ1) is 15.2. The van der Waals surface area contributed by atoms with Crippen molar-refractivity contribution < 1.29 is 18.1 Å². The van der Waals surface area contributed by atoms with Crippen molar-refractivity contribution in [2.45, 2.75) is 44.1 Å². The monoisotopic (exact) mass is 241 g/mol. The van der Waals surface area contributed by atoms with Gasteiger partial charge in [-0.25, -0.2) is 0 Å². The summed E-state index contributed by atoms with van der Waals surface area (Å²) in [6.45, 7) is -1.91. The van der Waals surface area contributed by atoms with Gasteiger partial charge in [0.05, 0.1) is 20.0 Å². The van der Waals surface area contributed by atoms with Crippen LogP contribution in [0.5, 0.6) is 0 Å². The van der Waals surface area contributed by atoms with Gasteiger partial charge in [-0.3, -0.25) is 23.3 Å². The molecule has 0 saturated heterocycles. The first-order chi connectivity index (χ1) is 7.63. The predicted octanol–water partition coefficient (Wildman–Crippen LogP) is 3.25. The van der Waals surface area contributed by atoms with Crippen LogP contribution in [-0.4, -0.2) is 30.5 Å². The van der Waals surface area contributed by atoms with Crippen LogP contribution in [0.3, 0.4) is 0 Å². The van der Waals surface area contributed by atoms with E-state index >= 15 is 0 Å². The highest BCUT2D eigenvalue weighted by Gasteiger charge is 2.40. The first-order valence-corrected chi connectivity index (χ1v) is 5.45. The summed E-state index contributed by atoms with van der Waals surface area (Å²) in [5.74, 6) is 0. The van der Waals surface area contributed by atoms with Gasteiger partial charge in [-0.2, -0.15) is 0 Å². The summed E-state index contributed by atoms with van der Waals surface area (Å²) in [7, 11) is 0. The summed E-state index contributed by atoms with van der Waals surface area (Å²) >= 11 is 0. The highest BCUT2D eigenvalue weighted by Crippen LogP contribution is 2.29. The van der Waals surface area contributed by atoms with Crippen LogP contribution in [0.1, 0.15) is 38.5 Å². The number of hydrogen-bond donors (Lipinski definition) is 0. The SMILES string of the molecule is O=[N+]([O-])C(CCCF)(CCCF)CCCF. The summed E-state index contributed by atoms with van der Waals surface area (Å²) < 4.78 is 36.2. The van der Waals surface area contributed by atoms with Crippen LogP contribution in [0.2, 0.25) is 0 Å². The van der Waals surface area contributed by atoms with Crippen molar-refractivity contribution in [3.05, 3.63) is 10.1 Å². The largest absolute Gasteiger partial charge is 0.264 e. The molecule has 0 amide bonds. The van der Waals surface area contributed by atoms with Crippen LogP contribution in [0.25, 0.3) is 0 Å². The van der Waals surface area contributed by atoms with Crippen LogP contribution in [0.15, 0.2) is 0 Å². The average molecular weight is 241 g/mol. The maximum Gasteiger partial charge on any atom is 0.222 e. The van der Waals surface area contributed by atoms with E-state index in [-0.39, 0.29) is 38.5 Å². The van der Waals surface area contributed by atoms with E-state index in [1.807, 2.05) is 0 Å². The topological polar surface area (TPSA) is 43.1 Å². The normalized spacial score (nSPS) is 11.7. The molecule has 0 radical (unpaired) electrons. The molecule has 0 heterocycles. The molecule has 6 heteroatoms. The van der Waals surface area contributed by atoms with E-state index in [1.54, 1.807) is 0 Å². The minimum atomic E-state index is -1.34. The number of halogens is 3. The van der Waals surface area contributed by atoms with Crippen LogP contribution in [0, 0.1) is 10.1 Å². The molecule has 0 saturated carbocycles. The Bertz CT molecular complexity index is 181. The number of hydrogen-bond acceptors (Lipinski definition) is 2. The molecule has 0 aromatic rings. The quantitative estimate of drug-likeness (QED) is 0.435. The fourth-order valence-corrected chi connectivity index (χ4v) is 1.84. The second kappa shape index (κ2) is 8.35. The molecule has 0 fully saturated rings. The summed E-state index contributed by atoms with van der Waals surface area (Å²) in [6, 6.07) is 0. The van der Waals surface area contributed by atoms with Crippen molar-refractivity contribution in [3.8, 4) is 0 Å². The van der Waals surface area contributed by atoms with Gasteiger partial charge in [0.1, 0.15) is 0 Å². The van der Waals surface area contributed by atoms with Crippen LogP contribution >= 0.6 is 0 Å². The molecule has 0 spiro atoms. The Hall–Kier alpha value is -0.810. The molecular formula is C10H18F3NO2. The number of nitrogens with zero attached hydrogens (tertiary/aromatic N) is 1. The van der Waals surface area contributed by atoms with Gasteiger partial charge in [0.15, 0.2) is 0 Å². The molecule has 0 rings (SSSR count). The zero-order valence-electron chi connectivity index (χ0n) is 9.26. The Morgan fingerprint density at radius 2 is 1.19 bits per heavy atom. The molecule has 0 aliphatic heterocycles. The summed E-state index contributed by atoms with van der Waals surface area (Å²) in [5, 5.41) is 11.0. The van der Waals surface area contributed by atoms with E-state index in [4.69, 9.17) is 0 Å². The van der Waals surface area contributed by atoms with Crippen molar-refractivity contribution in [1.82, 2.24) is 0 Å². The molecule has 0 N–H and O–H groups in total. The maximum absolute atomic E-state index is 12.1. The average Bonchev–Trinajstić information content (AvgIpc) is 2.28. The zero-order chi connectivity index (χ0) is 12.4. The van der Waals surface area contributed by atoms with Gasteiger partial charge in [0.25, 0.3) is 0 Å². The fraction of sp³-hybridized carbons (Fsp3) is 1.00. The van der Waals surface area contributed by atoms with Crippen molar-refractivity contribution in [1.29, 1.82) is 0 Å². The molecule has 96 valence electrons. The molecular weight excluding hydrogens is 223 g/mol. The van der Waals surface area contributed by atoms with Gasteiger partial charge in [0.2, 0.25) is 5.54 Å². The van der Waals surface area contributed by atoms with Crippen molar-refractivity contribution in [3.63, 3.8) is 0 Å². The molecule has 0 aromatic carbocycles. The standard InChI is InChI=1S/C10H18F3NO2/c11-7-1-4-10(14(15)16,5-2-8-12)6-3-9-13/h1-9H2. The second-order valence-corrected chi connectivity index (χ2v) is 3.86. The predicted molar refractivity (Wildman–Crippen MR) is 55.4 cm³/mol. The number of nitro groups is 1. The molecule has 0 aliphatic carbocycles. The molecule has 0 bridgehead atoms. The van der Waals surface area contributed by atoms with Crippen LogP contribution in [-0.2, 0) is 0 Å². The van der Waals surface area contributed by atoms with Crippen molar-refractivity contribution in [2.75, 3.05) is 20.0 Å². The number of alkyl halides is 3. The molecule has 0 unspecified atom stereocenters. The van der Waals surface area contributed by atoms with Crippen LogP contribution < -0.4 is 0 Å². The van der Waals surface area contributed by atoms with Crippen LogP contribution in [0.4, 0.5) is 13.2 Å². The van der Waals surface area contributed by atoms with Gasteiger partial charge in [-0.1, -0.05) is 0 Å². The van der Waals surface area contributed by atoms with E-state index in [1.165, 1.54) is 0 Å². The Morgan fingerprint density at radius 1 is 0.875 bits per heavy atom. The third-order valence-corrected chi connectivity index (χ3v) is 2.71. The molecule has 0 aliphatic rings. The van der Waals surface area contributed by atoms with E-state index in [0.717, 1.165) is 0 Å². The third kappa shape index (κ3) is 4.81. The third-order valence-electron chi connectivity index (χ3n) is 2.71. The molecule has 0 atom stereocenters. The Balaban J connectivity index is 4.52. The lowest BCUT2D eigenvalue weighted by atomic mass is 9.85. The summed E-state index contributed by atoms with van der Waals surface area (Å²) in [6.07, 6.45) is 0.363.